The van der Waals surface area contributed by atoms with Crippen LogP contribution in [-0.2, 0) is 25.5 Å². The number of ether oxygens (including phenoxy) is 1. The topological polar surface area (TPSA) is 84.5 Å². The summed E-state index contributed by atoms with van der Waals surface area (Å²) in [5.41, 5.74) is 1.38. The van der Waals surface area contributed by atoms with E-state index in [0.717, 1.165) is 30.6 Å². The SMILES string of the molecule is O=C(COC(=O)CNC(=O)CC12CC3CC(CC(C3)C1)C2)NCCCc1ccccc1. The molecule has 2 amide bonds. The van der Waals surface area contributed by atoms with Crippen LogP contribution < -0.4 is 10.6 Å². The normalized spacial score (nSPS) is 28.2. The molecule has 0 aliphatic heterocycles. The van der Waals surface area contributed by atoms with E-state index in [-0.39, 0.29) is 30.4 Å². The Kier molecular flexibility index (Phi) is 6.93. The quantitative estimate of drug-likeness (QED) is 0.445. The molecule has 31 heavy (non-hydrogen) atoms. The van der Waals surface area contributed by atoms with Crippen molar-refractivity contribution in [1.82, 2.24) is 10.6 Å². The molecule has 0 heterocycles. The molecular formula is C25H34N2O4. The third kappa shape index (κ3) is 6.08. The Hall–Kier alpha value is -2.37. The van der Waals surface area contributed by atoms with Gasteiger partial charge in [-0.25, -0.2) is 0 Å². The fourth-order valence-corrected chi connectivity index (χ4v) is 6.49. The number of hydrogen-bond donors (Lipinski definition) is 2. The van der Waals surface area contributed by atoms with Crippen molar-refractivity contribution in [3.63, 3.8) is 0 Å². The maximum atomic E-state index is 12.5. The number of hydrogen-bond acceptors (Lipinski definition) is 4. The molecular weight excluding hydrogens is 392 g/mol. The standard InChI is InChI=1S/C25H34N2O4/c28-22(15-25-12-19-9-20(13-25)11-21(10-19)14-25)27-16-24(30)31-17-23(29)26-8-4-7-18-5-2-1-3-6-18/h1-3,5-6,19-21H,4,7-17H2,(H,26,29)(H,27,28). The van der Waals surface area contributed by atoms with Gasteiger partial charge in [-0.15, -0.1) is 0 Å². The number of nitrogens with one attached hydrogen (secondary N) is 2. The molecule has 168 valence electrons. The van der Waals surface area contributed by atoms with Gasteiger partial charge < -0.3 is 15.4 Å². The summed E-state index contributed by atoms with van der Waals surface area (Å²) in [6.45, 7) is 0.0502. The minimum absolute atomic E-state index is 0.0655. The van der Waals surface area contributed by atoms with Crippen molar-refractivity contribution < 1.29 is 19.1 Å². The van der Waals surface area contributed by atoms with Crippen molar-refractivity contribution in [2.45, 2.75) is 57.8 Å². The van der Waals surface area contributed by atoms with E-state index in [0.29, 0.717) is 13.0 Å². The van der Waals surface area contributed by atoms with Gasteiger partial charge in [-0.05, 0) is 80.1 Å². The first kappa shape index (κ1) is 21.8. The Morgan fingerprint density at radius 1 is 0.903 bits per heavy atom. The van der Waals surface area contributed by atoms with E-state index in [2.05, 4.69) is 22.8 Å². The average Bonchev–Trinajstić information content (AvgIpc) is 2.73. The van der Waals surface area contributed by atoms with Crippen LogP contribution in [0.2, 0.25) is 0 Å². The molecule has 0 atom stereocenters. The predicted octanol–water partition coefficient (Wildman–Crippen LogP) is 3.00. The number of carbonyl (C=O) groups is 3. The van der Waals surface area contributed by atoms with Gasteiger partial charge in [-0.2, -0.15) is 0 Å². The van der Waals surface area contributed by atoms with Crippen molar-refractivity contribution in [3.05, 3.63) is 35.9 Å². The lowest BCUT2D eigenvalue weighted by Gasteiger charge is -2.56. The average molecular weight is 427 g/mol. The van der Waals surface area contributed by atoms with Crippen molar-refractivity contribution in [2.24, 2.45) is 23.2 Å². The number of benzene rings is 1. The van der Waals surface area contributed by atoms with Gasteiger partial charge in [0.15, 0.2) is 6.61 Å². The summed E-state index contributed by atoms with van der Waals surface area (Å²) < 4.78 is 5.00. The van der Waals surface area contributed by atoms with Crippen LogP contribution in [0.4, 0.5) is 0 Å². The summed E-state index contributed by atoms with van der Waals surface area (Å²) >= 11 is 0. The summed E-state index contributed by atoms with van der Waals surface area (Å²) in [7, 11) is 0. The number of carbonyl (C=O) groups excluding carboxylic acids is 3. The van der Waals surface area contributed by atoms with E-state index in [1.165, 1.54) is 44.1 Å². The molecule has 4 fully saturated rings. The molecule has 1 aromatic carbocycles. The lowest BCUT2D eigenvalue weighted by atomic mass is 9.49. The highest BCUT2D eigenvalue weighted by Gasteiger charge is 2.51. The van der Waals surface area contributed by atoms with Crippen LogP contribution in [0.3, 0.4) is 0 Å². The fourth-order valence-electron chi connectivity index (χ4n) is 6.49. The molecule has 6 heteroatoms. The van der Waals surface area contributed by atoms with Gasteiger partial charge in [0.25, 0.3) is 5.91 Å². The third-order valence-corrected chi connectivity index (χ3v) is 7.30. The molecule has 4 aliphatic carbocycles. The molecule has 2 N–H and O–H groups in total. The summed E-state index contributed by atoms with van der Waals surface area (Å²) in [6.07, 6.45) is 9.78. The van der Waals surface area contributed by atoms with Crippen LogP contribution in [0.1, 0.15) is 56.9 Å². The fraction of sp³-hybridized carbons (Fsp3) is 0.640. The second-order valence-electron chi connectivity index (χ2n) is 9.97. The molecule has 6 nitrogen and oxygen atoms in total. The first-order chi connectivity index (χ1) is 15.0. The van der Waals surface area contributed by atoms with E-state index in [1.807, 2.05) is 18.2 Å². The highest BCUT2D eigenvalue weighted by Crippen LogP contribution is 2.61. The number of aryl methyl sites for hydroxylation is 1. The molecule has 4 aliphatic rings. The van der Waals surface area contributed by atoms with Gasteiger partial charge in [0.05, 0.1) is 0 Å². The van der Waals surface area contributed by atoms with Crippen LogP contribution in [0.15, 0.2) is 30.3 Å². The van der Waals surface area contributed by atoms with Crippen LogP contribution in [0.25, 0.3) is 0 Å². The van der Waals surface area contributed by atoms with Crippen molar-refractivity contribution >= 4 is 17.8 Å². The van der Waals surface area contributed by atoms with Gasteiger partial charge in [-0.1, -0.05) is 30.3 Å². The first-order valence-electron chi connectivity index (χ1n) is 11.7. The number of rotatable bonds is 10. The second kappa shape index (κ2) is 9.84. The molecule has 0 radical (unpaired) electrons. The van der Waals surface area contributed by atoms with E-state index in [1.54, 1.807) is 0 Å². The van der Waals surface area contributed by atoms with Gasteiger partial charge in [0.1, 0.15) is 6.54 Å². The molecule has 4 bridgehead atoms. The van der Waals surface area contributed by atoms with Crippen molar-refractivity contribution in [1.29, 1.82) is 0 Å². The van der Waals surface area contributed by atoms with Gasteiger partial charge in [0.2, 0.25) is 5.91 Å². The predicted molar refractivity (Wildman–Crippen MR) is 117 cm³/mol. The minimum Gasteiger partial charge on any atom is -0.454 e. The molecule has 0 spiro atoms. The smallest absolute Gasteiger partial charge is 0.325 e. The molecule has 0 saturated heterocycles. The van der Waals surface area contributed by atoms with Crippen LogP contribution in [0.5, 0.6) is 0 Å². The molecule has 0 aromatic heterocycles. The maximum absolute atomic E-state index is 12.5. The lowest BCUT2D eigenvalue weighted by Crippen LogP contribution is -2.48. The summed E-state index contributed by atoms with van der Waals surface area (Å²) in [5.74, 6) is 1.45. The Bertz CT molecular complexity index is 757. The Balaban J connectivity index is 1.08. The summed E-state index contributed by atoms with van der Waals surface area (Å²) in [5, 5.41) is 5.46. The molecule has 4 saturated carbocycles. The zero-order valence-corrected chi connectivity index (χ0v) is 18.2. The van der Waals surface area contributed by atoms with Crippen molar-refractivity contribution in [3.8, 4) is 0 Å². The molecule has 0 unspecified atom stereocenters. The van der Waals surface area contributed by atoms with Gasteiger partial charge in [0, 0.05) is 13.0 Å². The number of esters is 1. The monoisotopic (exact) mass is 426 g/mol. The second-order valence-corrected chi connectivity index (χ2v) is 9.97. The van der Waals surface area contributed by atoms with Crippen LogP contribution >= 0.6 is 0 Å². The third-order valence-electron chi connectivity index (χ3n) is 7.30. The van der Waals surface area contributed by atoms with Crippen LogP contribution in [0, 0.1) is 23.2 Å². The molecule has 1 aromatic rings. The zero-order valence-electron chi connectivity index (χ0n) is 18.2. The maximum Gasteiger partial charge on any atom is 0.325 e. The first-order valence-corrected chi connectivity index (χ1v) is 11.7. The van der Waals surface area contributed by atoms with E-state index >= 15 is 0 Å². The summed E-state index contributed by atoms with van der Waals surface area (Å²) in [6, 6.07) is 10.1. The molecule has 5 rings (SSSR count). The minimum atomic E-state index is -0.571. The Morgan fingerprint density at radius 2 is 1.55 bits per heavy atom. The van der Waals surface area contributed by atoms with Gasteiger partial charge in [-0.3, -0.25) is 14.4 Å². The van der Waals surface area contributed by atoms with Crippen LogP contribution in [-0.4, -0.2) is 37.5 Å². The summed E-state index contributed by atoms with van der Waals surface area (Å²) in [4.78, 5) is 36.2. The van der Waals surface area contributed by atoms with E-state index in [4.69, 9.17) is 4.74 Å². The Labute approximate surface area is 184 Å². The zero-order chi connectivity index (χ0) is 21.7. The highest BCUT2D eigenvalue weighted by atomic mass is 16.5. The van der Waals surface area contributed by atoms with Gasteiger partial charge >= 0.3 is 5.97 Å². The van der Waals surface area contributed by atoms with E-state index < -0.39 is 5.97 Å². The van der Waals surface area contributed by atoms with Crippen molar-refractivity contribution in [2.75, 3.05) is 19.7 Å². The number of amides is 2. The highest BCUT2D eigenvalue weighted by molar-refractivity contribution is 5.84. The largest absolute Gasteiger partial charge is 0.454 e. The Morgan fingerprint density at radius 3 is 2.19 bits per heavy atom. The van der Waals surface area contributed by atoms with E-state index in [9.17, 15) is 14.4 Å². The lowest BCUT2D eigenvalue weighted by molar-refractivity contribution is -0.148.